The van der Waals surface area contributed by atoms with E-state index in [1.165, 1.54) is 0 Å². The predicted molar refractivity (Wildman–Crippen MR) is 96.3 cm³/mol. The van der Waals surface area contributed by atoms with Crippen LogP contribution >= 0.6 is 0 Å². The zero-order chi connectivity index (χ0) is 17.0. The highest BCUT2D eigenvalue weighted by Gasteiger charge is 2.17. The topological polar surface area (TPSA) is 60.2 Å². The van der Waals surface area contributed by atoms with Crippen LogP contribution < -0.4 is 5.14 Å². The molecule has 3 rings (SSSR count). The van der Waals surface area contributed by atoms with Crippen molar-refractivity contribution in [3.63, 3.8) is 0 Å². The molecular weight excluding hydrogens is 318 g/mol. The summed E-state index contributed by atoms with van der Waals surface area (Å²) in [5.74, 6) is 0. The zero-order valence-electron chi connectivity index (χ0n) is 13.2. The molecule has 0 spiro atoms. The molecule has 0 saturated heterocycles. The molecule has 0 aliphatic rings. The standard InChI is InChI=1S/C20H19NO2S/c21-24(22,23)20-13-7-12-18(14-16-8-3-1-4-9-16)19(20)15-17-10-5-2-6-11-17/h1-13H,14-15H2,(H2,21,22,23). The molecule has 4 heteroatoms. The van der Waals surface area contributed by atoms with E-state index < -0.39 is 10.0 Å². The van der Waals surface area contributed by atoms with Crippen molar-refractivity contribution >= 4 is 10.0 Å². The average molecular weight is 337 g/mol. The second kappa shape index (κ2) is 6.99. The molecule has 24 heavy (non-hydrogen) atoms. The molecule has 0 saturated carbocycles. The summed E-state index contributed by atoms with van der Waals surface area (Å²) in [6.45, 7) is 0. The zero-order valence-corrected chi connectivity index (χ0v) is 14.0. The summed E-state index contributed by atoms with van der Waals surface area (Å²) in [7, 11) is -3.77. The summed E-state index contributed by atoms with van der Waals surface area (Å²) in [5, 5.41) is 5.45. The minimum atomic E-state index is -3.77. The SMILES string of the molecule is NS(=O)(=O)c1cccc(Cc2ccccc2)c1Cc1ccccc1. The highest BCUT2D eigenvalue weighted by molar-refractivity contribution is 7.89. The molecule has 0 aliphatic heterocycles. The largest absolute Gasteiger partial charge is 0.238 e. The van der Waals surface area contributed by atoms with Gasteiger partial charge in [-0.2, -0.15) is 0 Å². The average Bonchev–Trinajstić information content (AvgIpc) is 2.57. The second-order valence-corrected chi connectivity index (χ2v) is 7.29. The normalized spacial score (nSPS) is 11.4. The van der Waals surface area contributed by atoms with Crippen LogP contribution in [0.1, 0.15) is 22.3 Å². The highest BCUT2D eigenvalue weighted by atomic mass is 32.2. The first-order chi connectivity index (χ1) is 11.5. The third-order valence-electron chi connectivity index (χ3n) is 4.00. The Labute approximate surface area is 142 Å². The summed E-state index contributed by atoms with van der Waals surface area (Å²) < 4.78 is 24.1. The van der Waals surface area contributed by atoms with E-state index in [1.807, 2.05) is 66.7 Å². The van der Waals surface area contributed by atoms with Gasteiger partial charge in [0.05, 0.1) is 4.90 Å². The number of hydrogen-bond donors (Lipinski definition) is 1. The maximum absolute atomic E-state index is 12.0. The lowest BCUT2D eigenvalue weighted by atomic mass is 9.95. The Balaban J connectivity index is 2.08. The molecule has 2 N–H and O–H groups in total. The molecule has 3 aromatic carbocycles. The lowest BCUT2D eigenvalue weighted by molar-refractivity contribution is 0.596. The van der Waals surface area contributed by atoms with Crippen LogP contribution in [0.25, 0.3) is 0 Å². The molecule has 0 aromatic heterocycles. The quantitative estimate of drug-likeness (QED) is 0.774. The molecule has 0 unspecified atom stereocenters. The molecule has 0 radical (unpaired) electrons. The molecule has 0 atom stereocenters. The van der Waals surface area contributed by atoms with Crippen LogP contribution in [0.15, 0.2) is 83.8 Å². The number of primary sulfonamides is 1. The number of sulfonamides is 1. The highest BCUT2D eigenvalue weighted by Crippen LogP contribution is 2.24. The fraction of sp³-hybridized carbons (Fsp3) is 0.100. The molecule has 0 aliphatic carbocycles. The third-order valence-corrected chi connectivity index (χ3v) is 4.99. The van der Waals surface area contributed by atoms with E-state index in [4.69, 9.17) is 5.14 Å². The third kappa shape index (κ3) is 3.91. The van der Waals surface area contributed by atoms with Crippen LogP contribution in [-0.2, 0) is 22.9 Å². The lowest BCUT2D eigenvalue weighted by Gasteiger charge is -2.14. The predicted octanol–water partition coefficient (Wildman–Crippen LogP) is 3.52. The first kappa shape index (κ1) is 16.4. The van der Waals surface area contributed by atoms with E-state index >= 15 is 0 Å². The van der Waals surface area contributed by atoms with Crippen LogP contribution in [0, 0.1) is 0 Å². The van der Waals surface area contributed by atoms with Crippen molar-refractivity contribution in [1.29, 1.82) is 0 Å². The van der Waals surface area contributed by atoms with Gasteiger partial charge in [0.15, 0.2) is 0 Å². The van der Waals surface area contributed by atoms with E-state index in [1.54, 1.807) is 12.1 Å². The van der Waals surface area contributed by atoms with Crippen molar-refractivity contribution in [2.75, 3.05) is 0 Å². The van der Waals surface area contributed by atoms with Gasteiger partial charge in [-0.3, -0.25) is 0 Å². The van der Waals surface area contributed by atoms with Crippen LogP contribution in [0.5, 0.6) is 0 Å². The van der Waals surface area contributed by atoms with Crippen LogP contribution in [0.2, 0.25) is 0 Å². The Morgan fingerprint density at radius 2 is 1.21 bits per heavy atom. The fourth-order valence-electron chi connectivity index (χ4n) is 2.86. The van der Waals surface area contributed by atoms with Crippen molar-refractivity contribution < 1.29 is 8.42 Å². The van der Waals surface area contributed by atoms with Crippen molar-refractivity contribution in [2.24, 2.45) is 5.14 Å². The number of nitrogens with two attached hydrogens (primary N) is 1. The Hall–Kier alpha value is -2.43. The summed E-state index contributed by atoms with van der Waals surface area (Å²) in [6, 6.07) is 25.1. The summed E-state index contributed by atoms with van der Waals surface area (Å²) in [4.78, 5) is 0.208. The molecule has 0 bridgehead atoms. The van der Waals surface area contributed by atoms with Crippen LogP contribution in [0.4, 0.5) is 0 Å². The van der Waals surface area contributed by atoms with Gasteiger partial charge in [-0.25, -0.2) is 13.6 Å². The van der Waals surface area contributed by atoms with Gasteiger partial charge in [0.2, 0.25) is 10.0 Å². The monoisotopic (exact) mass is 337 g/mol. The molecule has 122 valence electrons. The van der Waals surface area contributed by atoms with E-state index in [0.29, 0.717) is 12.8 Å². The lowest BCUT2D eigenvalue weighted by Crippen LogP contribution is -2.16. The maximum atomic E-state index is 12.0. The van der Waals surface area contributed by atoms with Gasteiger partial charge in [0.1, 0.15) is 0 Å². The van der Waals surface area contributed by atoms with Crippen LogP contribution in [-0.4, -0.2) is 8.42 Å². The summed E-state index contributed by atoms with van der Waals surface area (Å²) >= 11 is 0. The van der Waals surface area contributed by atoms with Crippen molar-refractivity contribution in [3.05, 3.63) is 101 Å². The Morgan fingerprint density at radius 1 is 0.667 bits per heavy atom. The van der Waals surface area contributed by atoms with Crippen LogP contribution in [0.3, 0.4) is 0 Å². The van der Waals surface area contributed by atoms with Gasteiger partial charge in [-0.1, -0.05) is 72.8 Å². The molecular formula is C20H19NO2S. The second-order valence-electron chi connectivity index (χ2n) is 5.76. The van der Waals surface area contributed by atoms with Crippen molar-refractivity contribution in [2.45, 2.75) is 17.7 Å². The minimum absolute atomic E-state index is 0.208. The Kier molecular flexibility index (Phi) is 4.79. The number of rotatable bonds is 5. The first-order valence-electron chi connectivity index (χ1n) is 7.75. The molecule has 3 nitrogen and oxygen atoms in total. The van der Waals surface area contributed by atoms with Gasteiger partial charge < -0.3 is 0 Å². The molecule has 0 fully saturated rings. The Morgan fingerprint density at radius 3 is 1.75 bits per heavy atom. The van der Waals surface area contributed by atoms with E-state index in [0.717, 1.165) is 22.3 Å². The van der Waals surface area contributed by atoms with Gasteiger partial charge in [0.25, 0.3) is 0 Å². The Bertz CT molecular complexity index is 920. The molecule has 3 aromatic rings. The first-order valence-corrected chi connectivity index (χ1v) is 9.30. The summed E-state index contributed by atoms with van der Waals surface area (Å²) in [5.41, 5.74) is 3.95. The van der Waals surface area contributed by atoms with E-state index in [-0.39, 0.29) is 4.90 Å². The van der Waals surface area contributed by atoms with Gasteiger partial charge in [-0.05, 0) is 41.2 Å². The minimum Gasteiger partial charge on any atom is -0.225 e. The van der Waals surface area contributed by atoms with Crippen molar-refractivity contribution in [3.8, 4) is 0 Å². The fourth-order valence-corrected chi connectivity index (χ4v) is 3.67. The van der Waals surface area contributed by atoms with Gasteiger partial charge in [-0.15, -0.1) is 0 Å². The van der Waals surface area contributed by atoms with E-state index in [2.05, 4.69) is 0 Å². The number of benzene rings is 3. The molecule has 0 amide bonds. The maximum Gasteiger partial charge on any atom is 0.238 e. The van der Waals surface area contributed by atoms with Gasteiger partial charge in [0, 0.05) is 0 Å². The smallest absolute Gasteiger partial charge is 0.225 e. The summed E-state index contributed by atoms with van der Waals surface area (Å²) in [6.07, 6.45) is 1.21. The number of hydrogen-bond acceptors (Lipinski definition) is 2. The van der Waals surface area contributed by atoms with E-state index in [9.17, 15) is 8.42 Å². The van der Waals surface area contributed by atoms with Crippen molar-refractivity contribution in [1.82, 2.24) is 0 Å². The van der Waals surface area contributed by atoms with Gasteiger partial charge >= 0.3 is 0 Å². The molecule has 0 heterocycles.